The molecule has 1 fully saturated rings. The van der Waals surface area contributed by atoms with Crippen molar-refractivity contribution in [2.24, 2.45) is 0 Å². The molecule has 1 saturated heterocycles. The fourth-order valence-corrected chi connectivity index (χ4v) is 2.92. The van der Waals surface area contributed by atoms with Crippen molar-refractivity contribution in [1.29, 1.82) is 0 Å². The van der Waals surface area contributed by atoms with Crippen molar-refractivity contribution in [3.8, 4) is 0 Å². The van der Waals surface area contributed by atoms with E-state index in [0.29, 0.717) is 35.9 Å². The Morgan fingerprint density at radius 3 is 3.05 bits per heavy atom. The van der Waals surface area contributed by atoms with E-state index in [4.69, 9.17) is 14.6 Å². The molecule has 0 atom stereocenters. The number of ether oxygens (including phenoxy) is 2. The van der Waals surface area contributed by atoms with Crippen LogP contribution in [0.5, 0.6) is 0 Å². The molecule has 0 radical (unpaired) electrons. The number of hydrogen-bond acceptors (Lipinski definition) is 7. The number of hydrogen-bond donors (Lipinski definition) is 2. The molecule has 0 saturated carbocycles. The van der Waals surface area contributed by atoms with Crippen LogP contribution in [-0.2, 0) is 16.0 Å². The molecule has 3 rings (SSSR count). The molecule has 2 aromatic rings. The molecule has 8 nitrogen and oxygen atoms in total. The Morgan fingerprint density at radius 1 is 1.48 bits per heavy atom. The van der Waals surface area contributed by atoms with Crippen molar-refractivity contribution in [1.82, 2.24) is 19.7 Å². The van der Waals surface area contributed by atoms with Gasteiger partial charge in [0.05, 0.1) is 32.6 Å². The van der Waals surface area contributed by atoms with Gasteiger partial charge in [0.2, 0.25) is 0 Å². The summed E-state index contributed by atoms with van der Waals surface area (Å²) in [6.45, 7) is 1.53. The van der Waals surface area contributed by atoms with Gasteiger partial charge < -0.3 is 19.6 Å². The van der Waals surface area contributed by atoms with Gasteiger partial charge in [-0.3, -0.25) is 4.79 Å². The summed E-state index contributed by atoms with van der Waals surface area (Å²) in [6.07, 6.45) is 2.04. The molecule has 2 aromatic heterocycles. The van der Waals surface area contributed by atoms with E-state index in [2.05, 4.69) is 15.1 Å². The van der Waals surface area contributed by atoms with E-state index in [-0.39, 0.29) is 18.5 Å². The number of nitrogens with zero attached hydrogens (tertiary/aromatic N) is 3. The summed E-state index contributed by atoms with van der Waals surface area (Å²) in [5.74, 6) is 0.729. The first kappa shape index (κ1) is 14.5. The van der Waals surface area contributed by atoms with Crippen molar-refractivity contribution in [3.63, 3.8) is 0 Å². The second-order valence-corrected chi connectivity index (χ2v) is 5.59. The lowest BCUT2D eigenvalue weighted by molar-refractivity contribution is -0.0421. The van der Waals surface area contributed by atoms with Crippen LogP contribution in [0.2, 0.25) is 0 Å². The first-order valence-corrected chi connectivity index (χ1v) is 7.69. The highest BCUT2D eigenvalue weighted by atomic mass is 32.2. The summed E-state index contributed by atoms with van der Waals surface area (Å²) >= 11 is 1.44. The summed E-state index contributed by atoms with van der Waals surface area (Å²) in [7, 11) is 0. The first-order valence-electron chi connectivity index (χ1n) is 6.70. The van der Waals surface area contributed by atoms with Crippen molar-refractivity contribution >= 4 is 22.8 Å². The molecular weight excluding hydrogens is 296 g/mol. The third-order valence-electron chi connectivity index (χ3n) is 3.08. The Balaban J connectivity index is 1.72. The molecule has 9 heteroatoms. The van der Waals surface area contributed by atoms with E-state index >= 15 is 0 Å². The summed E-state index contributed by atoms with van der Waals surface area (Å²) in [5.41, 5.74) is 0.267. The predicted octanol–water partition coefficient (Wildman–Crippen LogP) is -0.0330. The minimum absolute atomic E-state index is 0.0515. The van der Waals surface area contributed by atoms with Gasteiger partial charge in [0.25, 0.3) is 5.56 Å². The molecule has 0 amide bonds. The predicted molar refractivity (Wildman–Crippen MR) is 76.3 cm³/mol. The van der Waals surface area contributed by atoms with Crippen LogP contribution in [0.3, 0.4) is 0 Å². The number of nitrogens with one attached hydrogen (secondary N) is 1. The van der Waals surface area contributed by atoms with E-state index in [0.717, 1.165) is 12.2 Å². The van der Waals surface area contributed by atoms with E-state index in [1.165, 1.54) is 22.6 Å². The second kappa shape index (κ2) is 6.56. The monoisotopic (exact) mass is 312 g/mol. The standard InChI is InChI=1S/C12H16N4O4S/c17-3-2-16-10-8(7-13-16)11(18)15-12(14-10)21-6-1-9-19-4-5-20-9/h7,9,17H,1-6H2,(H,14,15,18). The van der Waals surface area contributed by atoms with E-state index < -0.39 is 0 Å². The fourth-order valence-electron chi connectivity index (χ4n) is 2.10. The highest BCUT2D eigenvalue weighted by molar-refractivity contribution is 7.99. The zero-order valence-electron chi connectivity index (χ0n) is 11.3. The van der Waals surface area contributed by atoms with Gasteiger partial charge in [0.15, 0.2) is 17.1 Å². The molecule has 21 heavy (non-hydrogen) atoms. The number of rotatable bonds is 6. The van der Waals surface area contributed by atoms with Gasteiger partial charge in [0, 0.05) is 12.2 Å². The molecule has 1 aliphatic rings. The third-order valence-corrected chi connectivity index (χ3v) is 3.99. The Labute approximate surface area is 124 Å². The van der Waals surface area contributed by atoms with Crippen LogP contribution in [0.1, 0.15) is 6.42 Å². The van der Waals surface area contributed by atoms with Gasteiger partial charge in [-0.05, 0) is 0 Å². The quantitative estimate of drug-likeness (QED) is 0.570. The van der Waals surface area contributed by atoms with Crippen molar-refractivity contribution in [3.05, 3.63) is 16.6 Å². The Kier molecular flexibility index (Phi) is 4.54. The average Bonchev–Trinajstić information content (AvgIpc) is 3.10. The van der Waals surface area contributed by atoms with E-state index in [1.54, 1.807) is 0 Å². The number of aliphatic hydroxyl groups is 1. The van der Waals surface area contributed by atoms with Crippen LogP contribution in [0, 0.1) is 0 Å². The van der Waals surface area contributed by atoms with Crippen molar-refractivity contribution in [2.45, 2.75) is 24.4 Å². The number of fused-ring (bicyclic) bond motifs is 1. The minimum Gasteiger partial charge on any atom is -0.394 e. The molecule has 0 spiro atoms. The van der Waals surface area contributed by atoms with Gasteiger partial charge in [0.1, 0.15) is 5.39 Å². The maximum Gasteiger partial charge on any atom is 0.262 e. The molecule has 114 valence electrons. The first-order chi connectivity index (χ1) is 10.3. The number of aliphatic hydroxyl groups excluding tert-OH is 1. The number of aromatic nitrogens is 4. The summed E-state index contributed by atoms with van der Waals surface area (Å²) < 4.78 is 12.2. The topological polar surface area (TPSA) is 102 Å². The summed E-state index contributed by atoms with van der Waals surface area (Å²) in [5, 5.41) is 14.0. The van der Waals surface area contributed by atoms with Gasteiger partial charge in [-0.1, -0.05) is 11.8 Å². The molecule has 0 aliphatic carbocycles. The normalized spacial score (nSPS) is 16.0. The summed E-state index contributed by atoms with van der Waals surface area (Å²) in [4.78, 5) is 19.1. The average molecular weight is 312 g/mol. The number of thioether (sulfide) groups is 1. The van der Waals surface area contributed by atoms with Gasteiger partial charge in [-0.25, -0.2) is 9.67 Å². The van der Waals surface area contributed by atoms with Crippen LogP contribution in [-0.4, -0.2) is 56.7 Å². The smallest absolute Gasteiger partial charge is 0.262 e. The van der Waals surface area contributed by atoms with Crippen molar-refractivity contribution in [2.75, 3.05) is 25.6 Å². The Bertz CT molecular complexity index is 665. The molecule has 2 N–H and O–H groups in total. The molecule has 1 aliphatic heterocycles. The molecule has 0 unspecified atom stereocenters. The SMILES string of the molecule is O=c1[nH]c(SCCC2OCCO2)nc2c1cnn2CCO. The molecular formula is C12H16N4O4S. The lowest BCUT2D eigenvalue weighted by atomic mass is 10.4. The van der Waals surface area contributed by atoms with Gasteiger partial charge >= 0.3 is 0 Å². The van der Waals surface area contributed by atoms with Crippen LogP contribution in [0.4, 0.5) is 0 Å². The maximum atomic E-state index is 12.0. The van der Waals surface area contributed by atoms with Gasteiger partial charge in [-0.2, -0.15) is 5.10 Å². The maximum absolute atomic E-state index is 12.0. The number of H-pyrrole nitrogens is 1. The van der Waals surface area contributed by atoms with Gasteiger partial charge in [-0.15, -0.1) is 0 Å². The Hall–Kier alpha value is -1.42. The molecule has 0 aromatic carbocycles. The highest BCUT2D eigenvalue weighted by Crippen LogP contribution is 2.18. The van der Waals surface area contributed by atoms with Crippen LogP contribution < -0.4 is 5.56 Å². The highest BCUT2D eigenvalue weighted by Gasteiger charge is 2.16. The molecule has 0 bridgehead atoms. The van der Waals surface area contributed by atoms with Crippen molar-refractivity contribution < 1.29 is 14.6 Å². The fraction of sp³-hybridized carbons (Fsp3) is 0.583. The largest absolute Gasteiger partial charge is 0.394 e. The van der Waals surface area contributed by atoms with Crippen LogP contribution >= 0.6 is 11.8 Å². The third kappa shape index (κ3) is 3.26. The van der Waals surface area contributed by atoms with Crippen LogP contribution in [0.15, 0.2) is 16.1 Å². The lowest BCUT2D eigenvalue weighted by Gasteiger charge is -2.07. The zero-order chi connectivity index (χ0) is 14.7. The van der Waals surface area contributed by atoms with E-state index in [1.807, 2.05) is 0 Å². The minimum atomic E-state index is -0.222. The van der Waals surface area contributed by atoms with E-state index in [9.17, 15) is 4.79 Å². The van der Waals surface area contributed by atoms with Crippen LogP contribution in [0.25, 0.3) is 11.0 Å². The lowest BCUT2D eigenvalue weighted by Crippen LogP contribution is -2.12. The summed E-state index contributed by atoms with van der Waals surface area (Å²) in [6, 6.07) is 0. The number of aromatic amines is 1. The Morgan fingerprint density at radius 2 is 2.29 bits per heavy atom. The second-order valence-electron chi connectivity index (χ2n) is 4.51. The zero-order valence-corrected chi connectivity index (χ0v) is 12.1. The molecule has 3 heterocycles.